The molecule has 1 aliphatic heterocycles. The average Bonchev–Trinajstić information content (AvgIpc) is 2.80. The van der Waals surface area contributed by atoms with E-state index in [1.165, 1.54) is 25.7 Å². The van der Waals surface area contributed by atoms with E-state index < -0.39 is 0 Å². The molecule has 82 valence electrons. The smallest absolute Gasteiger partial charge is 0.162 e. The molecule has 2 spiro atoms. The van der Waals surface area contributed by atoms with Crippen LogP contribution in [0.4, 0.5) is 0 Å². The van der Waals surface area contributed by atoms with E-state index in [4.69, 9.17) is 9.47 Å². The van der Waals surface area contributed by atoms with Crippen LogP contribution in [0.3, 0.4) is 0 Å². The number of hydrogen-bond donors (Lipinski definition) is 0. The van der Waals surface area contributed by atoms with Crippen LogP contribution in [0, 0.1) is 10.8 Å². The van der Waals surface area contributed by atoms with Gasteiger partial charge in [-0.15, -0.1) is 0 Å². The molecule has 3 fully saturated rings. The predicted octanol–water partition coefficient (Wildman–Crippen LogP) is 2.64. The van der Waals surface area contributed by atoms with Gasteiger partial charge in [0.05, 0.1) is 13.2 Å². The van der Waals surface area contributed by atoms with Crippen molar-refractivity contribution in [3.63, 3.8) is 0 Å². The zero-order chi connectivity index (χ0) is 10.3. The fraction of sp³-hybridized carbons (Fsp3) is 0.846. The molecule has 2 heteroatoms. The Hall–Kier alpha value is -0.340. The third-order valence-corrected chi connectivity index (χ3v) is 5.22. The summed E-state index contributed by atoms with van der Waals surface area (Å²) < 4.78 is 11.9. The lowest BCUT2D eigenvalue weighted by atomic mass is 9.69. The molecule has 15 heavy (non-hydrogen) atoms. The minimum absolute atomic E-state index is 0.369. The molecular formula is C13H18O2. The Kier molecular flexibility index (Phi) is 1.28. The normalized spacial score (nSPS) is 50.0. The zero-order valence-corrected chi connectivity index (χ0v) is 9.56. The lowest BCUT2D eigenvalue weighted by Gasteiger charge is -2.36. The van der Waals surface area contributed by atoms with Crippen LogP contribution < -0.4 is 0 Å². The second-order valence-electron chi connectivity index (χ2n) is 6.45. The predicted molar refractivity (Wildman–Crippen MR) is 56.3 cm³/mol. The molecule has 0 N–H and O–H groups in total. The van der Waals surface area contributed by atoms with Crippen molar-refractivity contribution < 1.29 is 9.47 Å². The molecule has 0 amide bonds. The van der Waals surface area contributed by atoms with Crippen molar-refractivity contribution in [1.29, 1.82) is 0 Å². The van der Waals surface area contributed by atoms with Crippen molar-refractivity contribution in [2.45, 2.75) is 45.3 Å². The van der Waals surface area contributed by atoms with Crippen molar-refractivity contribution in [1.82, 2.24) is 0 Å². The van der Waals surface area contributed by atoms with Crippen molar-refractivity contribution >= 4 is 0 Å². The number of hydrogen-bond acceptors (Lipinski definition) is 2. The number of ether oxygens (including phenoxy) is 2. The first kappa shape index (κ1) is 8.77. The Labute approximate surface area is 90.6 Å². The highest BCUT2D eigenvalue weighted by atomic mass is 16.7. The van der Waals surface area contributed by atoms with Crippen LogP contribution in [0.2, 0.25) is 0 Å². The van der Waals surface area contributed by atoms with Gasteiger partial charge in [0, 0.05) is 10.8 Å². The Bertz CT molecular complexity index is 328. The maximum Gasteiger partial charge on any atom is 0.162 e. The molecule has 0 unspecified atom stereocenters. The quantitative estimate of drug-likeness (QED) is 0.567. The first-order valence-electron chi connectivity index (χ1n) is 6.02. The van der Waals surface area contributed by atoms with Crippen LogP contribution in [0.15, 0.2) is 11.1 Å². The van der Waals surface area contributed by atoms with Crippen LogP contribution in [0.1, 0.15) is 39.5 Å². The highest BCUT2D eigenvalue weighted by molar-refractivity contribution is 5.43. The fourth-order valence-corrected chi connectivity index (χ4v) is 4.31. The minimum atomic E-state index is -0.369. The highest BCUT2D eigenvalue weighted by Crippen LogP contribution is 2.74. The van der Waals surface area contributed by atoms with Crippen LogP contribution in [0.5, 0.6) is 0 Å². The Morgan fingerprint density at radius 2 is 1.20 bits per heavy atom. The molecule has 2 nitrogen and oxygen atoms in total. The van der Waals surface area contributed by atoms with Crippen molar-refractivity contribution in [2.75, 3.05) is 13.2 Å². The van der Waals surface area contributed by atoms with Crippen LogP contribution in [0.25, 0.3) is 0 Å². The first-order valence-corrected chi connectivity index (χ1v) is 6.02. The third-order valence-electron chi connectivity index (χ3n) is 5.22. The van der Waals surface area contributed by atoms with Gasteiger partial charge in [0.15, 0.2) is 5.79 Å². The largest absolute Gasteiger partial charge is 0.350 e. The molecule has 0 aromatic carbocycles. The average molecular weight is 206 g/mol. The van der Waals surface area contributed by atoms with Gasteiger partial charge in [-0.3, -0.25) is 0 Å². The van der Waals surface area contributed by atoms with Gasteiger partial charge in [0.1, 0.15) is 0 Å². The van der Waals surface area contributed by atoms with Crippen molar-refractivity contribution in [3.05, 3.63) is 11.1 Å². The van der Waals surface area contributed by atoms with Gasteiger partial charge in [-0.25, -0.2) is 0 Å². The number of allylic oxidation sites excluding steroid dienone is 2. The standard InChI is InChI=1S/C13H18O2/c1-11(2)14-7-12-3-9-4-13(12,8-15-11)6-10(9)5-12/h3-8H2,1-2H3. The summed E-state index contributed by atoms with van der Waals surface area (Å²) in [5.74, 6) is -0.369. The Balaban J connectivity index is 1.77. The lowest BCUT2D eigenvalue weighted by Crippen LogP contribution is -2.37. The molecule has 5 rings (SSSR count). The summed E-state index contributed by atoms with van der Waals surface area (Å²) in [5, 5.41) is 0. The van der Waals surface area contributed by atoms with E-state index in [0.717, 1.165) is 13.2 Å². The summed E-state index contributed by atoms with van der Waals surface area (Å²) in [6.07, 6.45) is 5.23. The molecule has 2 saturated carbocycles. The molecule has 4 aliphatic carbocycles. The van der Waals surface area contributed by atoms with Crippen molar-refractivity contribution in [2.24, 2.45) is 10.8 Å². The highest BCUT2D eigenvalue weighted by Gasteiger charge is 2.67. The van der Waals surface area contributed by atoms with Gasteiger partial charge < -0.3 is 9.47 Å². The molecule has 0 aromatic heterocycles. The molecule has 4 bridgehead atoms. The SMILES string of the molecule is CC1(C)OCC23CC4=C(C2)CC3(CO1)C4. The van der Waals surface area contributed by atoms with Crippen molar-refractivity contribution in [3.8, 4) is 0 Å². The Morgan fingerprint density at radius 1 is 0.800 bits per heavy atom. The lowest BCUT2D eigenvalue weighted by molar-refractivity contribution is -0.207. The summed E-state index contributed by atoms with van der Waals surface area (Å²) in [5.41, 5.74) is 4.38. The molecule has 0 radical (unpaired) electrons. The van der Waals surface area contributed by atoms with Crippen LogP contribution in [-0.4, -0.2) is 19.0 Å². The molecule has 0 atom stereocenters. The maximum absolute atomic E-state index is 5.97. The molecule has 1 heterocycles. The summed E-state index contributed by atoms with van der Waals surface area (Å²) in [4.78, 5) is 0. The topological polar surface area (TPSA) is 18.5 Å². The van der Waals surface area contributed by atoms with E-state index in [0.29, 0.717) is 10.8 Å². The second kappa shape index (κ2) is 2.18. The first-order chi connectivity index (χ1) is 7.04. The summed E-state index contributed by atoms with van der Waals surface area (Å²) in [6.45, 7) is 5.91. The van der Waals surface area contributed by atoms with Gasteiger partial charge in [0.25, 0.3) is 0 Å². The van der Waals surface area contributed by atoms with Gasteiger partial charge in [-0.05, 0) is 39.5 Å². The van der Waals surface area contributed by atoms with E-state index in [-0.39, 0.29) is 5.79 Å². The molecule has 5 aliphatic rings. The third kappa shape index (κ3) is 0.853. The van der Waals surface area contributed by atoms with E-state index in [1.807, 2.05) is 13.8 Å². The van der Waals surface area contributed by atoms with E-state index >= 15 is 0 Å². The van der Waals surface area contributed by atoms with E-state index in [2.05, 4.69) is 0 Å². The number of rotatable bonds is 0. The van der Waals surface area contributed by atoms with Gasteiger partial charge in [0.2, 0.25) is 0 Å². The molecule has 0 aromatic rings. The monoisotopic (exact) mass is 206 g/mol. The Morgan fingerprint density at radius 3 is 1.60 bits per heavy atom. The van der Waals surface area contributed by atoms with E-state index in [1.54, 1.807) is 11.1 Å². The zero-order valence-electron chi connectivity index (χ0n) is 9.56. The van der Waals surface area contributed by atoms with Crippen LogP contribution >= 0.6 is 0 Å². The maximum atomic E-state index is 5.97. The summed E-state index contributed by atoms with van der Waals surface area (Å²) >= 11 is 0. The minimum Gasteiger partial charge on any atom is -0.350 e. The van der Waals surface area contributed by atoms with Gasteiger partial charge in [-0.1, -0.05) is 11.1 Å². The molecular weight excluding hydrogens is 188 g/mol. The van der Waals surface area contributed by atoms with Crippen LogP contribution in [-0.2, 0) is 9.47 Å². The second-order valence-corrected chi connectivity index (χ2v) is 6.45. The summed E-state index contributed by atoms with van der Waals surface area (Å²) in [6, 6.07) is 0. The van der Waals surface area contributed by atoms with E-state index in [9.17, 15) is 0 Å². The summed E-state index contributed by atoms with van der Waals surface area (Å²) in [7, 11) is 0. The van der Waals surface area contributed by atoms with Gasteiger partial charge >= 0.3 is 0 Å². The molecule has 1 saturated heterocycles. The van der Waals surface area contributed by atoms with Gasteiger partial charge in [-0.2, -0.15) is 0 Å². The fourth-order valence-electron chi connectivity index (χ4n) is 4.31.